The summed E-state index contributed by atoms with van der Waals surface area (Å²) in [6.45, 7) is 12.6. The average molecular weight is 463 g/mol. The van der Waals surface area contributed by atoms with E-state index in [-0.39, 0.29) is 77.8 Å². The largest absolute Gasteiger partial charge is 3.00 e. The van der Waals surface area contributed by atoms with Crippen LogP contribution in [0.4, 0.5) is 0 Å². The van der Waals surface area contributed by atoms with Crippen LogP contribution in [0.1, 0.15) is 49.4 Å². The molecule has 0 aliphatic heterocycles. The second kappa shape index (κ2) is 17.3. The molecule has 2 rings (SSSR count). The first kappa shape index (κ1) is 40.8. The van der Waals surface area contributed by atoms with Crippen molar-refractivity contribution in [3.05, 3.63) is 61.4 Å². The normalized spacial score (nSPS) is 10.3. The maximum Gasteiger partial charge on any atom is 3.00 e. The zero-order valence-electron chi connectivity index (χ0n) is 17.2. The third kappa shape index (κ3) is 10.5. The van der Waals surface area contributed by atoms with Gasteiger partial charge in [0, 0.05) is 11.0 Å². The first-order valence-corrected chi connectivity index (χ1v) is 7.44. The number of aromatic hydroxyl groups is 1. The fraction of sp³-hybridized carbons (Fsp3) is 0.400. The number of phenols is 1. The number of hydrogen-bond donors (Lipinski definition) is 1. The summed E-state index contributed by atoms with van der Waals surface area (Å²) in [6, 6.07) is 0. The van der Waals surface area contributed by atoms with Crippen molar-refractivity contribution in [3.8, 4) is 5.75 Å². The van der Waals surface area contributed by atoms with Crippen LogP contribution < -0.4 is 5.19 Å². The zero-order chi connectivity index (χ0) is 15.5. The van der Waals surface area contributed by atoms with E-state index in [1.54, 1.807) is 0 Å². The number of benzene rings is 1. The molecule has 1 N–H and O–H groups in total. The van der Waals surface area contributed by atoms with E-state index in [9.17, 15) is 5.11 Å². The van der Waals surface area contributed by atoms with Crippen LogP contribution in [0.5, 0.6) is 5.75 Å². The molecule has 1 aromatic rings. The molecule has 26 heavy (non-hydrogen) atoms. The third-order valence-corrected chi connectivity index (χ3v) is 4.16. The second-order valence-electron chi connectivity index (χ2n) is 6.23. The predicted octanol–water partition coefficient (Wildman–Crippen LogP) is 5.08. The van der Waals surface area contributed by atoms with E-state index in [0.717, 1.165) is 17.2 Å². The molecule has 1 aromatic carbocycles. The van der Waals surface area contributed by atoms with Crippen molar-refractivity contribution < 1.29 is 26.8 Å². The van der Waals surface area contributed by atoms with Crippen LogP contribution in [0.2, 0.25) is 0 Å². The van der Waals surface area contributed by atoms with Crippen molar-refractivity contribution in [2.45, 2.75) is 53.4 Å². The number of phenolic OH excluding ortho intramolecular Hbond substituents is 1. The van der Waals surface area contributed by atoms with Gasteiger partial charge in [0.05, 0.1) is 10.2 Å². The monoisotopic (exact) mass is 462 g/mol. The van der Waals surface area contributed by atoms with E-state index < -0.39 is 0 Å². The minimum Gasteiger partial charge on any atom is -0.508 e. The summed E-state index contributed by atoms with van der Waals surface area (Å²) in [5, 5.41) is 10.8. The summed E-state index contributed by atoms with van der Waals surface area (Å²) in [6.07, 6.45) is 10.0. The van der Waals surface area contributed by atoms with Crippen molar-refractivity contribution in [1.29, 1.82) is 0 Å². The molecule has 0 saturated heterocycles. The summed E-state index contributed by atoms with van der Waals surface area (Å²) in [4.78, 5) is 0. The van der Waals surface area contributed by atoms with Crippen LogP contribution in [0.25, 0.3) is 0 Å². The number of rotatable bonds is 0. The summed E-state index contributed by atoms with van der Waals surface area (Å²) in [7, 11) is 3.56. The molecule has 0 heterocycles. The maximum atomic E-state index is 10.0. The van der Waals surface area contributed by atoms with Gasteiger partial charge < -0.3 is 20.0 Å². The number of halogens is 2. The fourth-order valence-corrected chi connectivity index (χ4v) is 3.17. The Balaban J connectivity index is -0.0000000801. The van der Waals surface area contributed by atoms with E-state index in [2.05, 4.69) is 57.0 Å². The Morgan fingerprint density at radius 1 is 1.00 bits per heavy atom. The molecule has 0 amide bonds. The second-order valence-corrected chi connectivity index (χ2v) is 6.73. The Hall–Kier alpha value is 0.228. The minimum absolute atomic E-state index is 0. The molecule has 1 nitrogen and oxygen atoms in total. The van der Waals surface area contributed by atoms with Crippen molar-refractivity contribution in [1.82, 2.24) is 0 Å². The van der Waals surface area contributed by atoms with Gasteiger partial charge in [0.1, 0.15) is 5.75 Å². The van der Waals surface area contributed by atoms with Gasteiger partial charge in [-0.3, -0.25) is 6.08 Å². The van der Waals surface area contributed by atoms with Crippen LogP contribution in [-0.2, 0) is 27.1 Å². The maximum absolute atomic E-state index is 10.0. The van der Waals surface area contributed by atoms with Crippen LogP contribution in [0.15, 0.2) is 18.2 Å². The van der Waals surface area contributed by atoms with Crippen molar-refractivity contribution >= 4 is 51.2 Å². The average Bonchev–Trinajstić information content (AvgIpc) is 2.91. The Bertz CT molecular complexity index is 527. The zero-order valence-corrected chi connectivity index (χ0v) is 22.4. The van der Waals surface area contributed by atoms with Crippen LogP contribution >= 0.6 is 24.8 Å². The molecular weight excluding hydrogens is 431 g/mol. The van der Waals surface area contributed by atoms with E-state index in [1.165, 1.54) is 16.7 Å². The van der Waals surface area contributed by atoms with E-state index >= 15 is 0 Å². The standard InChI is InChI=1S/C13H19OSi.C5H5.2CH3.2ClH.Si.Ti/c1-7-8(2)10(13(4,5)6)12(15)11(14)9(7)3;1-2-4-5-3-1;;;;;;/h14H,1-6H3;1-3H,4H2;2*1H3;2*1H;;/q;3*-1;;;;+3. The van der Waals surface area contributed by atoms with Gasteiger partial charge in [0.15, 0.2) is 0 Å². The molecular formula is C20H32Cl2OSi2Ti. The molecule has 1 aliphatic rings. The summed E-state index contributed by atoms with van der Waals surface area (Å²) in [5.41, 5.74) is 4.64. The van der Waals surface area contributed by atoms with E-state index in [1.807, 2.05) is 19.1 Å². The van der Waals surface area contributed by atoms with Crippen LogP contribution in [0, 0.1) is 41.7 Å². The molecule has 0 aromatic heterocycles. The molecule has 0 bridgehead atoms. The fourth-order valence-electron chi connectivity index (χ4n) is 2.42. The van der Waals surface area contributed by atoms with Crippen molar-refractivity contribution in [2.24, 2.45) is 0 Å². The smallest absolute Gasteiger partial charge is 0.508 e. The van der Waals surface area contributed by atoms with Gasteiger partial charge in [0.2, 0.25) is 0 Å². The summed E-state index contributed by atoms with van der Waals surface area (Å²) >= 11 is 0. The van der Waals surface area contributed by atoms with Crippen LogP contribution in [-0.4, -0.2) is 26.3 Å². The third-order valence-electron chi connectivity index (χ3n) is 3.68. The Kier molecular flexibility index (Phi) is 27.2. The van der Waals surface area contributed by atoms with Gasteiger partial charge in [-0.2, -0.15) is 6.08 Å². The summed E-state index contributed by atoms with van der Waals surface area (Å²) in [5.74, 6) is 0.375. The Morgan fingerprint density at radius 3 is 1.73 bits per heavy atom. The molecule has 0 unspecified atom stereocenters. The number of allylic oxidation sites excluding steroid dienone is 4. The van der Waals surface area contributed by atoms with Gasteiger partial charge in [0.25, 0.3) is 0 Å². The van der Waals surface area contributed by atoms with Gasteiger partial charge in [-0.05, 0) is 53.6 Å². The van der Waals surface area contributed by atoms with Gasteiger partial charge in [-0.25, -0.2) is 12.2 Å². The van der Waals surface area contributed by atoms with Gasteiger partial charge in [-0.15, -0.1) is 31.2 Å². The first-order chi connectivity index (χ1) is 9.18. The quantitative estimate of drug-likeness (QED) is 0.421. The molecule has 6 heteroatoms. The molecule has 0 atom stereocenters. The summed E-state index contributed by atoms with van der Waals surface area (Å²) < 4.78 is 0. The van der Waals surface area contributed by atoms with Crippen molar-refractivity contribution in [2.75, 3.05) is 0 Å². The first-order valence-electron chi connectivity index (χ1n) is 6.94. The number of hydrogen-bond acceptors (Lipinski definition) is 1. The molecule has 8 radical (unpaired) electrons. The molecule has 0 fully saturated rings. The van der Waals surface area contributed by atoms with E-state index in [4.69, 9.17) is 0 Å². The SMILES string of the molecule is Cc1c(C)c(O)c([Si])c(C(C)(C)C)c1C.Cl.Cl.[C-]1=CC=CC1.[CH3-].[CH3-].[Si].[Ti+3]. The van der Waals surface area contributed by atoms with Gasteiger partial charge in [-0.1, -0.05) is 20.8 Å². The van der Waals surface area contributed by atoms with Crippen LogP contribution in [0.3, 0.4) is 0 Å². The van der Waals surface area contributed by atoms with Gasteiger partial charge >= 0.3 is 21.7 Å². The molecule has 0 saturated carbocycles. The predicted molar refractivity (Wildman–Crippen MR) is 121 cm³/mol. The van der Waals surface area contributed by atoms with E-state index in [0.29, 0.717) is 5.75 Å². The molecule has 1 aliphatic carbocycles. The minimum atomic E-state index is 0. The van der Waals surface area contributed by atoms with Crippen molar-refractivity contribution in [3.63, 3.8) is 0 Å². The topological polar surface area (TPSA) is 20.2 Å². The molecule has 0 spiro atoms. The molecule has 144 valence electrons. The Labute approximate surface area is 197 Å². The Morgan fingerprint density at radius 2 is 1.46 bits per heavy atom.